The molecule has 4 rings (SSSR count). The first kappa shape index (κ1) is 21.8. The fraction of sp³-hybridized carbons (Fsp3) is 0.0400. The molecule has 0 saturated heterocycles. The van der Waals surface area contributed by atoms with Crippen LogP contribution in [-0.2, 0) is 23.6 Å². The summed E-state index contributed by atoms with van der Waals surface area (Å²) in [6, 6.07) is 37.2. The number of hydrogen-bond donors (Lipinski definition) is 1. The molecule has 0 aliphatic heterocycles. The molecule has 0 spiro atoms. The second-order valence-corrected chi connectivity index (χ2v) is 17.9. The maximum Gasteiger partial charge on any atom is 0.0748 e. The van der Waals surface area contributed by atoms with Gasteiger partial charge in [0.2, 0.25) is 0 Å². The minimum absolute atomic E-state index is 0.162. The van der Waals surface area contributed by atoms with E-state index in [2.05, 4.69) is 97.1 Å². The van der Waals surface area contributed by atoms with Crippen LogP contribution in [-0.4, -0.2) is 4.73 Å². The van der Waals surface area contributed by atoms with Gasteiger partial charge in [-0.15, -0.1) is 0 Å². The smallest absolute Gasteiger partial charge is 0.0748 e. The van der Waals surface area contributed by atoms with Crippen molar-refractivity contribution in [2.75, 3.05) is 0 Å². The molecule has 0 aliphatic carbocycles. The zero-order valence-corrected chi connectivity index (χ0v) is 20.6. The van der Waals surface area contributed by atoms with Crippen LogP contribution in [0.1, 0.15) is 0 Å². The Balaban J connectivity index is 2.01. The van der Waals surface area contributed by atoms with E-state index in [0.717, 1.165) is 21.2 Å². The van der Waals surface area contributed by atoms with E-state index in [-0.39, 0.29) is 4.73 Å². The summed E-state index contributed by atoms with van der Waals surface area (Å²) >= 11 is 18.5. The van der Waals surface area contributed by atoms with Crippen molar-refractivity contribution in [1.29, 1.82) is 0 Å². The van der Waals surface area contributed by atoms with Crippen LogP contribution in [0.25, 0.3) is 0 Å². The van der Waals surface area contributed by atoms with Crippen LogP contribution < -0.4 is 21.2 Å². The summed E-state index contributed by atoms with van der Waals surface area (Å²) in [5.74, 6) is 0. The Morgan fingerprint density at radius 3 is 0.833 bits per heavy atom. The van der Waals surface area contributed by atoms with Crippen LogP contribution in [0.15, 0.2) is 121 Å². The first-order valence-electron chi connectivity index (χ1n) is 9.68. The highest BCUT2D eigenvalue weighted by Gasteiger charge is 2.41. The summed E-state index contributed by atoms with van der Waals surface area (Å²) in [6.07, 6.45) is 0. The minimum atomic E-state index is -2.32. The van der Waals surface area contributed by atoms with Crippen LogP contribution in [0.2, 0.25) is 0 Å². The van der Waals surface area contributed by atoms with Gasteiger partial charge in [0, 0.05) is 12.1 Å². The minimum Gasteiger partial charge on any atom is -0.164 e. The van der Waals surface area contributed by atoms with E-state index < -0.39 is 12.1 Å². The van der Waals surface area contributed by atoms with Gasteiger partial charge in [-0.05, 0) is 21.2 Å². The van der Waals surface area contributed by atoms with Gasteiger partial charge in [0.05, 0.1) is 4.73 Å². The van der Waals surface area contributed by atoms with Gasteiger partial charge in [-0.25, -0.2) is 0 Å². The molecule has 0 nitrogen and oxygen atoms in total. The molecule has 0 unspecified atom stereocenters. The fourth-order valence-corrected chi connectivity index (χ4v) is 17.4. The number of hydrogen-bond acceptors (Lipinski definition) is 3. The van der Waals surface area contributed by atoms with Crippen molar-refractivity contribution in [1.82, 2.24) is 0 Å². The first-order chi connectivity index (χ1) is 14.6. The average molecular weight is 481 g/mol. The Hall–Kier alpha value is -1.47. The van der Waals surface area contributed by atoms with E-state index in [4.69, 9.17) is 36.2 Å². The van der Waals surface area contributed by atoms with Gasteiger partial charge in [-0.3, -0.25) is 0 Å². The number of benzene rings is 4. The monoisotopic (exact) mass is 480 g/mol. The van der Waals surface area contributed by atoms with Crippen LogP contribution in [0.5, 0.6) is 0 Å². The van der Waals surface area contributed by atoms with Gasteiger partial charge in [0.25, 0.3) is 0 Å². The van der Waals surface area contributed by atoms with Crippen molar-refractivity contribution in [3.63, 3.8) is 0 Å². The molecule has 0 N–H and O–H groups in total. The van der Waals surface area contributed by atoms with E-state index in [0.29, 0.717) is 0 Å². The molecule has 5 heteroatoms. The van der Waals surface area contributed by atoms with E-state index in [9.17, 15) is 0 Å². The standard InChI is InChI=1S/C25H22P2S3/c28-25(26(29,21-13-5-1-6-14-21)22-15-7-2-8-16-22)27(30,23-17-9-3-10-18-23)24-19-11-4-12-20-24/h1-20,25,28H. The highest BCUT2D eigenvalue weighted by Crippen LogP contribution is 2.67. The van der Waals surface area contributed by atoms with Crippen molar-refractivity contribution in [2.45, 2.75) is 4.73 Å². The van der Waals surface area contributed by atoms with E-state index in [1.54, 1.807) is 0 Å². The lowest BCUT2D eigenvalue weighted by molar-refractivity contribution is 1.71. The summed E-state index contributed by atoms with van der Waals surface area (Å²) in [6.45, 7) is 0. The van der Waals surface area contributed by atoms with Gasteiger partial charge >= 0.3 is 0 Å². The predicted molar refractivity (Wildman–Crippen MR) is 146 cm³/mol. The van der Waals surface area contributed by atoms with Crippen LogP contribution >= 0.6 is 24.7 Å². The summed E-state index contributed by atoms with van der Waals surface area (Å²) in [4.78, 5) is 0. The molecular weight excluding hydrogens is 458 g/mol. The predicted octanol–water partition coefficient (Wildman–Crippen LogP) is 5.46. The third-order valence-corrected chi connectivity index (χ3v) is 20.6. The molecule has 0 amide bonds. The summed E-state index contributed by atoms with van der Waals surface area (Å²) in [5.41, 5.74) is 0. The highest BCUT2D eigenvalue weighted by molar-refractivity contribution is 8.38. The van der Waals surface area contributed by atoms with E-state index in [1.807, 2.05) is 24.3 Å². The fourth-order valence-electron chi connectivity index (χ4n) is 3.66. The van der Waals surface area contributed by atoms with Crippen molar-refractivity contribution < 1.29 is 0 Å². The molecule has 0 aliphatic rings. The van der Waals surface area contributed by atoms with Crippen molar-refractivity contribution >= 4 is 69.5 Å². The zero-order valence-electron chi connectivity index (χ0n) is 16.3. The zero-order chi connectivity index (χ0) is 21.0. The largest absolute Gasteiger partial charge is 0.164 e. The number of thiol groups is 1. The van der Waals surface area contributed by atoms with Gasteiger partial charge in [0.15, 0.2) is 0 Å². The molecule has 0 atom stereocenters. The Bertz CT molecular complexity index is 1010. The molecule has 0 saturated carbocycles. The topological polar surface area (TPSA) is 0 Å². The first-order valence-corrected chi connectivity index (χ1v) is 15.9. The maximum atomic E-state index is 6.60. The lowest BCUT2D eigenvalue weighted by Gasteiger charge is -2.38. The Labute approximate surface area is 194 Å². The van der Waals surface area contributed by atoms with Gasteiger partial charge in [-0.2, -0.15) is 12.6 Å². The normalized spacial score (nSPS) is 12.1. The maximum absolute atomic E-state index is 6.60. The molecule has 0 aromatic heterocycles. The summed E-state index contributed by atoms with van der Waals surface area (Å²) in [7, 11) is 0. The van der Waals surface area contributed by atoms with Crippen molar-refractivity contribution in [3.8, 4) is 0 Å². The SMILES string of the molecule is S=P(c1ccccc1)(c1ccccc1)C(S)P(=S)(c1ccccc1)c1ccccc1. The quantitative estimate of drug-likeness (QED) is 0.288. The second-order valence-electron chi connectivity index (χ2n) is 7.00. The lowest BCUT2D eigenvalue weighted by atomic mass is 10.4. The Morgan fingerprint density at radius 1 is 0.433 bits per heavy atom. The molecule has 4 aromatic rings. The molecule has 150 valence electrons. The van der Waals surface area contributed by atoms with Crippen molar-refractivity contribution in [3.05, 3.63) is 121 Å². The molecule has 0 bridgehead atoms. The second kappa shape index (κ2) is 9.35. The molecular formula is C25H22P2S3. The van der Waals surface area contributed by atoms with Gasteiger partial charge < -0.3 is 0 Å². The summed E-state index contributed by atoms with van der Waals surface area (Å²) in [5, 5.41) is 4.64. The molecule has 0 fully saturated rings. The van der Waals surface area contributed by atoms with Crippen LogP contribution in [0.3, 0.4) is 0 Å². The van der Waals surface area contributed by atoms with Crippen LogP contribution in [0, 0.1) is 0 Å². The summed E-state index contributed by atoms with van der Waals surface area (Å²) < 4.78 is -0.162. The molecule has 0 radical (unpaired) electrons. The van der Waals surface area contributed by atoms with Crippen molar-refractivity contribution in [2.24, 2.45) is 0 Å². The van der Waals surface area contributed by atoms with Crippen LogP contribution in [0.4, 0.5) is 0 Å². The third-order valence-electron chi connectivity index (χ3n) is 5.21. The Kier molecular flexibility index (Phi) is 6.78. The molecule has 30 heavy (non-hydrogen) atoms. The third kappa shape index (κ3) is 3.91. The van der Waals surface area contributed by atoms with Gasteiger partial charge in [0.1, 0.15) is 0 Å². The molecule has 0 heterocycles. The lowest BCUT2D eigenvalue weighted by Crippen LogP contribution is -2.29. The van der Waals surface area contributed by atoms with E-state index in [1.165, 1.54) is 0 Å². The average Bonchev–Trinajstić information content (AvgIpc) is 2.84. The highest BCUT2D eigenvalue weighted by atomic mass is 32.5. The Morgan fingerprint density at radius 2 is 0.633 bits per heavy atom. The molecule has 4 aromatic carbocycles. The number of rotatable bonds is 6. The van der Waals surface area contributed by atoms with Gasteiger partial charge in [-0.1, -0.05) is 145 Å². The van der Waals surface area contributed by atoms with E-state index >= 15 is 0 Å².